The van der Waals surface area contributed by atoms with Gasteiger partial charge in [0.2, 0.25) is 0 Å². The number of carboxylic acid groups (broad SMARTS) is 2. The Morgan fingerprint density at radius 2 is 1.62 bits per heavy atom. The Balaban J connectivity index is 0.00000118. The first-order chi connectivity index (χ1) is 14.8. The number of hydrogen-bond donors (Lipinski definition) is 4. The van der Waals surface area contributed by atoms with E-state index in [1.807, 2.05) is 6.07 Å². The molecule has 0 saturated heterocycles. The number of aromatic hydroxyl groups is 1. The van der Waals surface area contributed by atoms with E-state index in [1.165, 1.54) is 6.07 Å². The minimum Gasteiger partial charge on any atom is -0.550 e. The number of hydrogen-bond acceptors (Lipinski definition) is 5. The van der Waals surface area contributed by atoms with Crippen molar-refractivity contribution in [2.45, 2.75) is 38.0 Å². The highest BCUT2D eigenvalue weighted by Gasteiger charge is 2.34. The average molecular weight is 455 g/mol. The fourth-order valence-electron chi connectivity index (χ4n) is 2.65. The lowest BCUT2D eigenvalue weighted by Gasteiger charge is -2.17. The molecule has 0 aliphatic rings. The summed E-state index contributed by atoms with van der Waals surface area (Å²) in [5.41, 5.74) is 3.32. The van der Waals surface area contributed by atoms with Crippen LogP contribution in [0.4, 0.5) is 13.2 Å². The molecule has 0 radical (unpaired) electrons. The Morgan fingerprint density at radius 1 is 1.06 bits per heavy atom. The molecule has 0 spiro atoms. The van der Waals surface area contributed by atoms with Gasteiger partial charge < -0.3 is 31.2 Å². The summed E-state index contributed by atoms with van der Waals surface area (Å²) in [6, 6.07) is 9.50. The number of carboxylic acids is 2. The predicted molar refractivity (Wildman–Crippen MR) is 104 cm³/mol. The first-order valence-corrected chi connectivity index (χ1v) is 9.28. The van der Waals surface area contributed by atoms with Crippen molar-refractivity contribution in [1.29, 1.82) is 0 Å². The maximum Gasteiger partial charge on any atom is 0.419 e. The Hall–Kier alpha value is -3.60. The van der Waals surface area contributed by atoms with Crippen molar-refractivity contribution in [3.05, 3.63) is 65.2 Å². The van der Waals surface area contributed by atoms with E-state index in [1.54, 1.807) is 24.3 Å². The second-order valence-corrected chi connectivity index (χ2v) is 6.83. The molecule has 11 heteroatoms. The minimum atomic E-state index is -4.78. The number of benzene rings is 2. The molecular weight excluding hydrogens is 432 g/mol. The van der Waals surface area contributed by atoms with Gasteiger partial charge in [-0.2, -0.15) is 13.2 Å². The summed E-state index contributed by atoms with van der Waals surface area (Å²) in [4.78, 5) is 32.6. The number of nitrogens with one attached hydrogen (secondary N) is 1. The number of carbonyl (C=O) groups is 3. The fourth-order valence-corrected chi connectivity index (χ4v) is 2.65. The highest BCUT2D eigenvalue weighted by molar-refractivity contribution is 5.86. The molecule has 0 fully saturated rings. The molecule has 1 amide bonds. The summed E-state index contributed by atoms with van der Waals surface area (Å²) in [7, 11) is 0. The summed E-state index contributed by atoms with van der Waals surface area (Å²) >= 11 is 0. The van der Waals surface area contributed by atoms with Gasteiger partial charge in [-0.25, -0.2) is 4.79 Å². The molecule has 6 N–H and O–H groups in total. The van der Waals surface area contributed by atoms with Crippen molar-refractivity contribution in [1.82, 2.24) is 5.32 Å². The van der Waals surface area contributed by atoms with Crippen LogP contribution in [0.1, 0.15) is 23.6 Å². The van der Waals surface area contributed by atoms with Gasteiger partial charge in [-0.1, -0.05) is 36.4 Å². The summed E-state index contributed by atoms with van der Waals surface area (Å²) in [5, 5.41) is 29.9. The molecule has 2 aromatic rings. The Morgan fingerprint density at radius 3 is 2.12 bits per heavy atom. The Labute approximate surface area is 181 Å². The smallest absolute Gasteiger partial charge is 0.419 e. The SMILES string of the molecule is CC(=O)[O-].[NH3+][C@@H](Cc1ccccc1)C(=O)N[C@@H](Cc1ccc(O)c(C(F)(F)[18F])c1)C(=O)O. The number of quaternary nitrogens is 1. The first-order valence-electron chi connectivity index (χ1n) is 9.28. The van der Waals surface area contributed by atoms with Crippen molar-refractivity contribution < 1.29 is 48.6 Å². The summed E-state index contributed by atoms with van der Waals surface area (Å²) < 4.78 is 38.7. The molecule has 2 atom stereocenters. The lowest BCUT2D eigenvalue weighted by molar-refractivity contribution is -0.403. The van der Waals surface area contributed by atoms with Crippen molar-refractivity contribution in [3.8, 4) is 5.75 Å². The number of phenolic OH excluding ortho intramolecular Hbond substituents is 1. The van der Waals surface area contributed by atoms with Gasteiger partial charge in [-0.3, -0.25) is 4.79 Å². The quantitative estimate of drug-likeness (QED) is 0.465. The third-order valence-corrected chi connectivity index (χ3v) is 4.12. The third kappa shape index (κ3) is 9.04. The second kappa shape index (κ2) is 11.7. The van der Waals surface area contributed by atoms with Crippen LogP contribution in [-0.4, -0.2) is 40.1 Å². The van der Waals surface area contributed by atoms with Gasteiger partial charge in [0.05, 0.1) is 5.56 Å². The maximum atomic E-state index is 12.9. The zero-order valence-electron chi connectivity index (χ0n) is 17.1. The van der Waals surface area contributed by atoms with Crippen molar-refractivity contribution in [3.63, 3.8) is 0 Å². The van der Waals surface area contributed by atoms with E-state index in [-0.39, 0.29) is 18.4 Å². The molecule has 2 aromatic carbocycles. The molecule has 0 unspecified atom stereocenters. The molecule has 174 valence electrons. The lowest BCUT2D eigenvalue weighted by atomic mass is 10.0. The molecule has 0 saturated carbocycles. The number of rotatable bonds is 7. The van der Waals surface area contributed by atoms with Crippen LogP contribution in [0.25, 0.3) is 0 Å². The zero-order valence-corrected chi connectivity index (χ0v) is 17.1. The monoisotopic (exact) mass is 455 g/mol. The van der Waals surface area contributed by atoms with Crippen LogP contribution >= 0.6 is 0 Å². The second-order valence-electron chi connectivity index (χ2n) is 6.83. The maximum absolute atomic E-state index is 12.9. The fraction of sp³-hybridized carbons (Fsp3) is 0.286. The number of alkyl halides is 3. The van der Waals surface area contributed by atoms with E-state index in [4.69, 9.17) is 9.90 Å². The van der Waals surface area contributed by atoms with E-state index < -0.39 is 47.4 Å². The molecule has 8 nitrogen and oxygen atoms in total. The van der Waals surface area contributed by atoms with E-state index in [9.17, 15) is 33.0 Å². The van der Waals surface area contributed by atoms with Gasteiger partial charge in [0, 0.05) is 18.8 Å². The van der Waals surface area contributed by atoms with Gasteiger partial charge in [0.1, 0.15) is 11.8 Å². The largest absolute Gasteiger partial charge is 0.550 e. The zero-order chi connectivity index (χ0) is 24.5. The molecule has 0 aliphatic carbocycles. The summed E-state index contributed by atoms with van der Waals surface area (Å²) in [6.45, 7) is 0.972. The normalized spacial score (nSPS) is 12.7. The van der Waals surface area contributed by atoms with Crippen LogP contribution in [0.2, 0.25) is 0 Å². The van der Waals surface area contributed by atoms with Crippen molar-refractivity contribution >= 4 is 17.8 Å². The van der Waals surface area contributed by atoms with Crippen LogP contribution in [0.3, 0.4) is 0 Å². The molecule has 0 aliphatic heterocycles. The number of amides is 1. The van der Waals surface area contributed by atoms with Gasteiger partial charge in [0.25, 0.3) is 5.91 Å². The molecular formula is C21H23F3N2O6. The molecule has 0 aromatic heterocycles. The van der Waals surface area contributed by atoms with Crippen molar-refractivity contribution in [2.75, 3.05) is 0 Å². The molecule has 0 heterocycles. The van der Waals surface area contributed by atoms with Gasteiger partial charge in [-0.15, -0.1) is 0 Å². The van der Waals surface area contributed by atoms with E-state index >= 15 is 0 Å². The highest BCUT2D eigenvalue weighted by atomic mass is 19.3. The lowest BCUT2D eigenvalue weighted by Crippen LogP contribution is -2.69. The number of phenols is 1. The van der Waals surface area contributed by atoms with Crippen LogP contribution in [0.5, 0.6) is 5.75 Å². The Bertz CT molecular complexity index is 931. The first kappa shape index (κ1) is 26.4. The van der Waals surface area contributed by atoms with Crippen LogP contribution in [-0.2, 0) is 33.4 Å². The average Bonchev–Trinajstić information content (AvgIpc) is 2.68. The van der Waals surface area contributed by atoms with E-state index in [0.717, 1.165) is 18.6 Å². The van der Waals surface area contributed by atoms with Crippen LogP contribution in [0.15, 0.2) is 48.5 Å². The molecule has 0 bridgehead atoms. The van der Waals surface area contributed by atoms with Crippen molar-refractivity contribution in [2.24, 2.45) is 0 Å². The Kier molecular flexibility index (Phi) is 9.67. The number of carbonyl (C=O) groups excluding carboxylic acids is 2. The standard InChI is InChI=1S/C19H19F3N2O4.C2H4O2/c20-19(21,22)13-8-12(6-7-16(13)25)10-15(18(27)28)24-17(26)14(23)9-11-4-2-1-3-5-11;1-2(3)4/h1-8,14-15,25H,9-10,23H2,(H,24,26)(H,27,28);1H3,(H,3,4)/t14-,15-;/m0./s1/i20-1;. The highest BCUT2D eigenvalue weighted by Crippen LogP contribution is 2.36. The summed E-state index contributed by atoms with van der Waals surface area (Å²) in [6.07, 6.45) is -4.87. The van der Waals surface area contributed by atoms with Crippen LogP contribution < -0.4 is 16.2 Å². The number of halogens is 3. The van der Waals surface area contributed by atoms with Gasteiger partial charge in [0.15, 0.2) is 6.04 Å². The molecule has 2 rings (SSSR count). The van der Waals surface area contributed by atoms with Gasteiger partial charge in [-0.05, 0) is 30.2 Å². The van der Waals surface area contributed by atoms with E-state index in [0.29, 0.717) is 6.07 Å². The van der Waals surface area contributed by atoms with E-state index in [2.05, 4.69) is 11.1 Å². The predicted octanol–water partition coefficient (Wildman–Crippen LogP) is 0.132. The van der Waals surface area contributed by atoms with Gasteiger partial charge >= 0.3 is 12.1 Å². The minimum absolute atomic E-state index is 0.0153. The number of aliphatic carboxylic acids is 2. The molecule has 32 heavy (non-hydrogen) atoms. The summed E-state index contributed by atoms with van der Waals surface area (Å²) in [5.74, 6) is -4.04. The van der Waals surface area contributed by atoms with Crippen LogP contribution in [0, 0.1) is 0 Å². The third-order valence-electron chi connectivity index (χ3n) is 4.12. The topological polar surface area (TPSA) is 154 Å².